The molecule has 12 heavy (non-hydrogen) atoms. The van der Waals surface area contributed by atoms with Gasteiger partial charge in [0.25, 0.3) is 0 Å². The van der Waals surface area contributed by atoms with Crippen molar-refractivity contribution >= 4 is 17.5 Å². The van der Waals surface area contributed by atoms with Crippen LogP contribution in [0.1, 0.15) is 13.8 Å². The molecule has 66 valence electrons. The summed E-state index contributed by atoms with van der Waals surface area (Å²) in [5.41, 5.74) is 0. The maximum Gasteiger partial charge on any atom is 0.302 e. The Labute approximate surface area is 70.2 Å². The summed E-state index contributed by atoms with van der Waals surface area (Å²) in [6.07, 6.45) is 2.41. The molecule has 0 unspecified atom stereocenters. The zero-order valence-corrected chi connectivity index (χ0v) is 6.99. The van der Waals surface area contributed by atoms with Gasteiger partial charge in [-0.25, -0.2) is 0 Å². The molecule has 0 bridgehead atoms. The highest BCUT2D eigenvalue weighted by molar-refractivity contribution is 6.40. The summed E-state index contributed by atoms with van der Waals surface area (Å²) in [7, 11) is 0. The van der Waals surface area contributed by atoms with E-state index in [0.717, 1.165) is 6.08 Å². The van der Waals surface area contributed by atoms with E-state index in [-0.39, 0.29) is 6.61 Å². The minimum absolute atomic E-state index is 0.0222. The Hall–Kier alpha value is -1.45. The van der Waals surface area contributed by atoms with Crippen molar-refractivity contribution in [1.82, 2.24) is 0 Å². The van der Waals surface area contributed by atoms with Crippen molar-refractivity contribution in [3.05, 3.63) is 12.2 Å². The van der Waals surface area contributed by atoms with Crippen LogP contribution in [0.4, 0.5) is 0 Å². The van der Waals surface area contributed by atoms with Crippen molar-refractivity contribution in [3.8, 4) is 0 Å². The molecule has 0 atom stereocenters. The van der Waals surface area contributed by atoms with Crippen molar-refractivity contribution in [2.75, 3.05) is 6.61 Å². The smallest absolute Gasteiger partial charge is 0.302 e. The first-order valence-corrected chi connectivity index (χ1v) is 3.39. The number of carbonyl (C=O) groups is 3. The molecule has 0 aliphatic heterocycles. The van der Waals surface area contributed by atoms with Gasteiger partial charge in [-0.15, -0.1) is 0 Å². The van der Waals surface area contributed by atoms with Crippen molar-refractivity contribution in [3.63, 3.8) is 0 Å². The second-order valence-corrected chi connectivity index (χ2v) is 2.13. The van der Waals surface area contributed by atoms with E-state index < -0.39 is 17.5 Å². The highest BCUT2D eigenvalue weighted by atomic mass is 16.5. The van der Waals surface area contributed by atoms with E-state index in [9.17, 15) is 14.4 Å². The molecule has 0 aromatic rings. The average Bonchev–Trinajstić information content (AvgIpc) is 1.97. The fraction of sp³-hybridized carbons (Fsp3) is 0.375. The minimum atomic E-state index is -0.595. The van der Waals surface area contributed by atoms with Gasteiger partial charge in [-0.3, -0.25) is 14.4 Å². The van der Waals surface area contributed by atoms with E-state index in [4.69, 9.17) is 0 Å². The van der Waals surface area contributed by atoms with Gasteiger partial charge in [0, 0.05) is 13.8 Å². The predicted molar refractivity (Wildman–Crippen MR) is 41.5 cm³/mol. The van der Waals surface area contributed by atoms with E-state index in [0.29, 0.717) is 0 Å². The van der Waals surface area contributed by atoms with Crippen LogP contribution in [0.25, 0.3) is 0 Å². The molecule has 0 saturated carbocycles. The van der Waals surface area contributed by atoms with Gasteiger partial charge in [-0.2, -0.15) is 0 Å². The maximum atomic E-state index is 10.6. The highest BCUT2D eigenvalue weighted by Crippen LogP contribution is 1.82. The predicted octanol–water partition coefficient (Wildman–Crippen LogP) is 0.264. The van der Waals surface area contributed by atoms with Gasteiger partial charge in [-0.05, 0) is 12.2 Å². The number of hydrogen-bond donors (Lipinski definition) is 0. The molecule has 0 aromatic heterocycles. The molecule has 4 heteroatoms. The number of rotatable bonds is 4. The Balaban J connectivity index is 3.70. The number of esters is 1. The molecule has 0 heterocycles. The van der Waals surface area contributed by atoms with Crippen LogP contribution in [0.2, 0.25) is 0 Å². The van der Waals surface area contributed by atoms with Gasteiger partial charge in [0.2, 0.25) is 5.78 Å². The molecular weight excluding hydrogens is 160 g/mol. The molecule has 0 aromatic carbocycles. The second kappa shape index (κ2) is 5.23. The van der Waals surface area contributed by atoms with Gasteiger partial charge >= 0.3 is 5.97 Å². The number of allylic oxidation sites excluding steroid dienone is 1. The minimum Gasteiger partial charge on any atom is -0.462 e. The number of hydrogen-bond acceptors (Lipinski definition) is 4. The van der Waals surface area contributed by atoms with Crippen LogP contribution in [0.3, 0.4) is 0 Å². The van der Waals surface area contributed by atoms with Crippen molar-refractivity contribution in [2.45, 2.75) is 13.8 Å². The Morgan fingerprint density at radius 2 is 1.83 bits per heavy atom. The number of carbonyl (C=O) groups excluding carboxylic acids is 3. The Morgan fingerprint density at radius 1 is 1.25 bits per heavy atom. The van der Waals surface area contributed by atoms with Crippen molar-refractivity contribution in [1.29, 1.82) is 0 Å². The summed E-state index contributed by atoms with van der Waals surface area (Å²) in [6.45, 7) is 2.47. The lowest BCUT2D eigenvalue weighted by molar-refractivity contribution is -0.139. The fourth-order valence-electron chi connectivity index (χ4n) is 0.438. The molecule has 0 spiro atoms. The zero-order valence-electron chi connectivity index (χ0n) is 6.99. The topological polar surface area (TPSA) is 60.4 Å². The summed E-state index contributed by atoms with van der Waals surface area (Å²) in [5, 5.41) is 0. The van der Waals surface area contributed by atoms with Crippen LogP contribution in [-0.4, -0.2) is 24.1 Å². The molecular formula is C8H10O4. The van der Waals surface area contributed by atoms with Crippen LogP contribution in [0.5, 0.6) is 0 Å². The summed E-state index contributed by atoms with van der Waals surface area (Å²) in [5.74, 6) is -1.55. The molecule has 0 amide bonds. The monoisotopic (exact) mass is 170 g/mol. The highest BCUT2D eigenvalue weighted by Gasteiger charge is 2.00. The standard InChI is InChI=1S/C8H10O4/c1-6(9)8(11)4-3-5-12-7(2)10/h3-4H,5H2,1-2H3/b4-3-. The molecule has 0 fully saturated rings. The number of ether oxygens (including phenoxy) is 1. The molecule has 4 nitrogen and oxygen atoms in total. The van der Waals surface area contributed by atoms with E-state index in [2.05, 4.69) is 4.74 Å². The Kier molecular flexibility index (Phi) is 4.60. The largest absolute Gasteiger partial charge is 0.462 e. The zero-order chi connectivity index (χ0) is 9.56. The lowest BCUT2D eigenvalue weighted by atomic mass is 10.3. The quantitative estimate of drug-likeness (QED) is 0.345. The normalized spacial score (nSPS) is 9.83. The van der Waals surface area contributed by atoms with Gasteiger partial charge in [0.15, 0.2) is 5.78 Å². The maximum absolute atomic E-state index is 10.6. The third kappa shape index (κ3) is 5.34. The molecule has 0 aliphatic rings. The van der Waals surface area contributed by atoms with Crippen LogP contribution in [0.15, 0.2) is 12.2 Å². The van der Waals surface area contributed by atoms with Crippen LogP contribution in [-0.2, 0) is 19.1 Å². The number of Topliss-reactive ketones (excluding diaryl/α,β-unsaturated/α-hetero) is 1. The van der Waals surface area contributed by atoms with Crippen molar-refractivity contribution in [2.24, 2.45) is 0 Å². The van der Waals surface area contributed by atoms with Crippen LogP contribution >= 0.6 is 0 Å². The molecule has 0 radical (unpaired) electrons. The van der Waals surface area contributed by atoms with Gasteiger partial charge in [0.05, 0.1) is 0 Å². The summed E-state index contributed by atoms with van der Waals surface area (Å²) < 4.78 is 4.48. The lowest BCUT2D eigenvalue weighted by Crippen LogP contribution is -2.05. The van der Waals surface area contributed by atoms with Crippen LogP contribution < -0.4 is 0 Å². The van der Waals surface area contributed by atoms with E-state index in [1.165, 1.54) is 19.9 Å². The van der Waals surface area contributed by atoms with E-state index in [1.807, 2.05) is 0 Å². The molecule has 0 saturated heterocycles. The first kappa shape index (κ1) is 10.6. The van der Waals surface area contributed by atoms with E-state index in [1.54, 1.807) is 0 Å². The molecule has 0 aliphatic carbocycles. The Morgan fingerprint density at radius 3 is 2.25 bits per heavy atom. The van der Waals surface area contributed by atoms with E-state index >= 15 is 0 Å². The SMILES string of the molecule is CC(=O)OC/C=C\C(=O)C(C)=O. The first-order chi connectivity index (χ1) is 5.54. The number of ketones is 2. The summed E-state index contributed by atoms with van der Waals surface area (Å²) in [6, 6.07) is 0. The van der Waals surface area contributed by atoms with Crippen molar-refractivity contribution < 1.29 is 19.1 Å². The molecule has 0 N–H and O–H groups in total. The average molecular weight is 170 g/mol. The molecule has 0 rings (SSSR count). The lowest BCUT2D eigenvalue weighted by Gasteiger charge is -1.93. The third-order valence-corrected chi connectivity index (χ3v) is 0.999. The fourth-order valence-corrected chi connectivity index (χ4v) is 0.438. The second-order valence-electron chi connectivity index (χ2n) is 2.13. The summed E-state index contributed by atoms with van der Waals surface area (Å²) in [4.78, 5) is 31.2. The van der Waals surface area contributed by atoms with Crippen LogP contribution in [0, 0.1) is 0 Å². The van der Waals surface area contributed by atoms with Gasteiger partial charge in [0.1, 0.15) is 6.61 Å². The third-order valence-electron chi connectivity index (χ3n) is 0.999. The summed E-state index contributed by atoms with van der Waals surface area (Å²) >= 11 is 0. The first-order valence-electron chi connectivity index (χ1n) is 3.39. The van der Waals surface area contributed by atoms with Gasteiger partial charge < -0.3 is 4.74 Å². The van der Waals surface area contributed by atoms with Gasteiger partial charge in [-0.1, -0.05) is 0 Å². The Bertz CT molecular complexity index is 227.